The molecule has 18 heavy (non-hydrogen) atoms. The van der Waals surface area contributed by atoms with Crippen molar-refractivity contribution in [2.24, 2.45) is 0 Å². The van der Waals surface area contributed by atoms with Crippen LogP contribution in [0.1, 0.15) is 18.1 Å². The second kappa shape index (κ2) is 6.44. The summed E-state index contributed by atoms with van der Waals surface area (Å²) < 4.78 is 18.3. The number of carbonyl (C=O) groups excluding carboxylic acids is 1. The van der Waals surface area contributed by atoms with E-state index in [-0.39, 0.29) is 18.6 Å². The van der Waals surface area contributed by atoms with Crippen LogP contribution in [-0.2, 0) is 21.3 Å². The second-order valence-electron chi connectivity index (χ2n) is 3.46. The Balaban J connectivity index is 3.17. The molecule has 1 rings (SSSR count). The van der Waals surface area contributed by atoms with Crippen molar-refractivity contribution in [3.05, 3.63) is 39.2 Å². The Kier molecular flexibility index (Phi) is 5.21. The topological polar surface area (TPSA) is 69.4 Å². The van der Waals surface area contributed by atoms with Crippen molar-refractivity contribution < 1.29 is 18.8 Å². The van der Waals surface area contributed by atoms with Gasteiger partial charge in [-0.05, 0) is 24.6 Å². The number of nitro benzene ring substituents is 1. The van der Waals surface area contributed by atoms with Gasteiger partial charge in [-0.3, -0.25) is 14.9 Å². The fourth-order valence-electron chi connectivity index (χ4n) is 1.50. The van der Waals surface area contributed by atoms with Crippen LogP contribution in [0.2, 0.25) is 0 Å². The standard InChI is InChI=1S/C11H11BrFNO4/c1-2-18-10(15)5-8-3-7(6-12)4-9(13)11(8)14(16)17/h3-4H,2,5-6H2,1H3. The van der Waals surface area contributed by atoms with Crippen molar-refractivity contribution in [2.45, 2.75) is 18.7 Å². The van der Waals surface area contributed by atoms with Gasteiger partial charge in [-0.25, -0.2) is 0 Å². The summed E-state index contributed by atoms with van der Waals surface area (Å²) in [5, 5.41) is 11.1. The second-order valence-corrected chi connectivity index (χ2v) is 4.02. The molecule has 0 aliphatic rings. The average molecular weight is 320 g/mol. The minimum absolute atomic E-state index is 0.0212. The SMILES string of the molecule is CCOC(=O)Cc1cc(CBr)cc(F)c1[N+](=O)[O-]. The van der Waals surface area contributed by atoms with Gasteiger partial charge < -0.3 is 4.74 Å². The van der Waals surface area contributed by atoms with Gasteiger partial charge >= 0.3 is 11.7 Å². The van der Waals surface area contributed by atoms with Crippen LogP contribution in [0, 0.1) is 15.9 Å². The molecule has 0 radical (unpaired) electrons. The Morgan fingerprint density at radius 3 is 2.72 bits per heavy atom. The quantitative estimate of drug-likeness (QED) is 0.362. The van der Waals surface area contributed by atoms with Gasteiger partial charge in [0.1, 0.15) is 0 Å². The summed E-state index contributed by atoms with van der Waals surface area (Å²) in [5.74, 6) is -1.57. The van der Waals surface area contributed by atoms with Crippen LogP contribution in [0.4, 0.5) is 10.1 Å². The van der Waals surface area contributed by atoms with Crippen LogP contribution in [0.5, 0.6) is 0 Å². The number of hydrogen-bond donors (Lipinski definition) is 0. The van der Waals surface area contributed by atoms with Crippen molar-refractivity contribution in [1.29, 1.82) is 0 Å². The molecular weight excluding hydrogens is 309 g/mol. The molecule has 7 heteroatoms. The Labute approximate surface area is 111 Å². The van der Waals surface area contributed by atoms with Gasteiger partial charge in [-0.1, -0.05) is 15.9 Å². The zero-order valence-electron chi connectivity index (χ0n) is 9.61. The van der Waals surface area contributed by atoms with Crippen LogP contribution >= 0.6 is 15.9 Å². The zero-order chi connectivity index (χ0) is 13.7. The molecule has 0 saturated carbocycles. The first kappa shape index (κ1) is 14.6. The third-order valence-electron chi connectivity index (χ3n) is 2.18. The molecule has 5 nitrogen and oxygen atoms in total. The number of benzene rings is 1. The molecule has 1 aromatic carbocycles. The van der Waals surface area contributed by atoms with E-state index in [1.54, 1.807) is 6.92 Å². The summed E-state index contributed by atoms with van der Waals surface area (Å²) >= 11 is 3.13. The highest BCUT2D eigenvalue weighted by atomic mass is 79.9. The van der Waals surface area contributed by atoms with E-state index in [1.807, 2.05) is 0 Å². The number of hydrogen-bond acceptors (Lipinski definition) is 4. The van der Waals surface area contributed by atoms with Crippen molar-refractivity contribution in [3.8, 4) is 0 Å². The van der Waals surface area contributed by atoms with Gasteiger partial charge in [0, 0.05) is 10.9 Å². The minimum Gasteiger partial charge on any atom is -0.466 e. The fourth-order valence-corrected chi connectivity index (χ4v) is 1.83. The molecule has 0 spiro atoms. The number of rotatable bonds is 5. The molecule has 0 amide bonds. The molecule has 0 bridgehead atoms. The summed E-state index contributed by atoms with van der Waals surface area (Å²) in [7, 11) is 0. The maximum absolute atomic E-state index is 13.6. The molecule has 0 unspecified atom stereocenters. The van der Waals surface area contributed by atoms with E-state index in [9.17, 15) is 19.3 Å². The normalized spacial score (nSPS) is 10.2. The molecular formula is C11H11BrFNO4. The van der Waals surface area contributed by atoms with Crippen molar-refractivity contribution in [2.75, 3.05) is 6.61 Å². The third-order valence-corrected chi connectivity index (χ3v) is 2.83. The molecule has 0 saturated heterocycles. The third kappa shape index (κ3) is 3.49. The molecule has 0 atom stereocenters. The van der Waals surface area contributed by atoms with Crippen molar-refractivity contribution in [3.63, 3.8) is 0 Å². The first-order valence-electron chi connectivity index (χ1n) is 5.16. The van der Waals surface area contributed by atoms with Crippen LogP contribution in [0.15, 0.2) is 12.1 Å². The Morgan fingerprint density at radius 1 is 1.56 bits per heavy atom. The van der Waals surface area contributed by atoms with E-state index in [0.29, 0.717) is 10.9 Å². The summed E-state index contributed by atoms with van der Waals surface area (Å²) in [4.78, 5) is 21.3. The lowest BCUT2D eigenvalue weighted by Gasteiger charge is -2.06. The molecule has 0 heterocycles. The highest BCUT2D eigenvalue weighted by Gasteiger charge is 2.23. The number of carbonyl (C=O) groups is 1. The molecule has 98 valence electrons. The largest absolute Gasteiger partial charge is 0.466 e. The summed E-state index contributed by atoms with van der Waals surface area (Å²) in [6.45, 7) is 1.80. The number of alkyl halides is 1. The zero-order valence-corrected chi connectivity index (χ0v) is 11.2. The molecule has 0 aromatic heterocycles. The van der Waals surface area contributed by atoms with Gasteiger partial charge in [0.25, 0.3) is 0 Å². The molecule has 1 aromatic rings. The van der Waals surface area contributed by atoms with Crippen molar-refractivity contribution >= 4 is 27.6 Å². The van der Waals surface area contributed by atoms with E-state index in [1.165, 1.54) is 6.07 Å². The van der Waals surface area contributed by atoms with Gasteiger partial charge in [0.15, 0.2) is 0 Å². The highest BCUT2D eigenvalue weighted by molar-refractivity contribution is 9.08. The van der Waals surface area contributed by atoms with Gasteiger partial charge in [-0.15, -0.1) is 0 Å². The number of nitrogens with zero attached hydrogens (tertiary/aromatic N) is 1. The van der Waals surface area contributed by atoms with E-state index in [4.69, 9.17) is 4.74 Å². The van der Waals surface area contributed by atoms with E-state index in [2.05, 4.69) is 15.9 Å². The number of ether oxygens (including phenoxy) is 1. The molecule has 0 aliphatic carbocycles. The predicted molar refractivity (Wildman–Crippen MR) is 66.0 cm³/mol. The molecule has 0 N–H and O–H groups in total. The van der Waals surface area contributed by atoms with Crippen LogP contribution in [0.25, 0.3) is 0 Å². The lowest BCUT2D eigenvalue weighted by Crippen LogP contribution is -2.10. The molecule has 0 aliphatic heterocycles. The van der Waals surface area contributed by atoms with Crippen LogP contribution < -0.4 is 0 Å². The number of esters is 1. The first-order chi connectivity index (χ1) is 8.49. The summed E-state index contributed by atoms with van der Waals surface area (Å²) in [5.41, 5.74) is -0.127. The number of halogens is 2. The van der Waals surface area contributed by atoms with Crippen LogP contribution in [-0.4, -0.2) is 17.5 Å². The lowest BCUT2D eigenvalue weighted by molar-refractivity contribution is -0.388. The molecule has 0 fully saturated rings. The van der Waals surface area contributed by atoms with E-state index in [0.717, 1.165) is 6.07 Å². The van der Waals surface area contributed by atoms with E-state index >= 15 is 0 Å². The number of nitro groups is 1. The smallest absolute Gasteiger partial charge is 0.310 e. The summed E-state index contributed by atoms with van der Waals surface area (Å²) in [6, 6.07) is 2.49. The highest BCUT2D eigenvalue weighted by Crippen LogP contribution is 2.26. The van der Waals surface area contributed by atoms with Gasteiger partial charge in [0.2, 0.25) is 5.82 Å². The Hall–Kier alpha value is -1.50. The van der Waals surface area contributed by atoms with Crippen molar-refractivity contribution in [1.82, 2.24) is 0 Å². The Bertz CT molecular complexity index is 478. The summed E-state index contributed by atoms with van der Waals surface area (Å²) in [6.07, 6.45) is -0.318. The first-order valence-corrected chi connectivity index (χ1v) is 6.29. The fraction of sp³-hybridized carbons (Fsp3) is 0.364. The van der Waals surface area contributed by atoms with E-state index < -0.39 is 22.4 Å². The minimum atomic E-state index is -0.948. The predicted octanol–water partition coefficient (Wildman–Crippen LogP) is 2.73. The monoisotopic (exact) mass is 319 g/mol. The van der Waals surface area contributed by atoms with Gasteiger partial charge in [0.05, 0.1) is 18.0 Å². The maximum Gasteiger partial charge on any atom is 0.310 e. The Morgan fingerprint density at radius 2 is 2.22 bits per heavy atom. The maximum atomic E-state index is 13.6. The lowest BCUT2D eigenvalue weighted by atomic mass is 10.1. The average Bonchev–Trinajstić information content (AvgIpc) is 2.27. The van der Waals surface area contributed by atoms with Crippen LogP contribution in [0.3, 0.4) is 0 Å². The van der Waals surface area contributed by atoms with Gasteiger partial charge in [-0.2, -0.15) is 4.39 Å².